The third-order valence-electron chi connectivity index (χ3n) is 2.10. The van der Waals surface area contributed by atoms with Gasteiger partial charge < -0.3 is 14.7 Å². The van der Waals surface area contributed by atoms with Crippen molar-refractivity contribution in [3.05, 3.63) is 0 Å². The fourth-order valence-electron chi connectivity index (χ4n) is 1.22. The molecule has 0 aromatic heterocycles. The van der Waals surface area contributed by atoms with E-state index in [1.165, 1.54) is 0 Å². The Hall–Kier alpha value is -0.770. The molecule has 4 nitrogen and oxygen atoms in total. The van der Waals surface area contributed by atoms with Crippen molar-refractivity contribution in [2.75, 3.05) is 20.2 Å². The summed E-state index contributed by atoms with van der Waals surface area (Å²) in [6, 6.07) is 0. The van der Waals surface area contributed by atoms with Crippen molar-refractivity contribution in [2.24, 2.45) is 5.92 Å². The lowest BCUT2D eigenvalue weighted by Gasteiger charge is -2.19. The van der Waals surface area contributed by atoms with Crippen LogP contribution in [0.3, 0.4) is 0 Å². The minimum Gasteiger partial charge on any atom is -0.449 e. The van der Waals surface area contributed by atoms with Gasteiger partial charge in [0, 0.05) is 20.0 Å². The normalized spacial score (nSPS) is 12.7. The summed E-state index contributed by atoms with van der Waals surface area (Å²) in [4.78, 5) is 12.9. The molecule has 90 valence electrons. The van der Waals surface area contributed by atoms with E-state index in [1.807, 2.05) is 20.8 Å². The number of hydrogen-bond donors (Lipinski definition) is 1. The number of amides is 1. The number of aliphatic hydroxyl groups excluding tert-OH is 1. The maximum absolute atomic E-state index is 11.4. The zero-order valence-corrected chi connectivity index (χ0v) is 10.2. The Labute approximate surface area is 92.2 Å². The predicted octanol–water partition coefficient (Wildman–Crippen LogP) is 1.87. The molecule has 0 aliphatic heterocycles. The number of aliphatic hydroxyl groups is 1. The molecule has 0 aliphatic carbocycles. The molecule has 1 amide bonds. The number of carbonyl (C=O) groups excluding carboxylic acids is 1. The summed E-state index contributed by atoms with van der Waals surface area (Å²) >= 11 is 0. The average molecular weight is 217 g/mol. The van der Waals surface area contributed by atoms with Gasteiger partial charge in [-0.3, -0.25) is 0 Å². The molecule has 0 aliphatic rings. The molecule has 15 heavy (non-hydrogen) atoms. The van der Waals surface area contributed by atoms with Crippen molar-refractivity contribution in [3.8, 4) is 0 Å². The number of nitrogens with zero attached hydrogens (tertiary/aromatic N) is 1. The molecule has 4 heteroatoms. The first-order valence-corrected chi connectivity index (χ1v) is 5.53. The molecule has 0 aromatic rings. The highest BCUT2D eigenvalue weighted by Gasteiger charge is 2.11. The Morgan fingerprint density at radius 3 is 2.53 bits per heavy atom. The number of ether oxygens (including phenoxy) is 1. The first-order chi connectivity index (χ1) is 6.97. The molecule has 0 rings (SSSR count). The summed E-state index contributed by atoms with van der Waals surface area (Å²) in [7, 11) is 1.72. The van der Waals surface area contributed by atoms with E-state index in [2.05, 4.69) is 0 Å². The Balaban J connectivity index is 3.64. The van der Waals surface area contributed by atoms with E-state index in [0.717, 1.165) is 0 Å². The lowest BCUT2D eigenvalue weighted by Crippen LogP contribution is -2.31. The van der Waals surface area contributed by atoms with Crippen LogP contribution < -0.4 is 0 Å². The Kier molecular flexibility index (Phi) is 7.13. The quantitative estimate of drug-likeness (QED) is 0.739. The van der Waals surface area contributed by atoms with Gasteiger partial charge in [0.05, 0.1) is 12.7 Å². The Bertz CT molecular complexity index is 183. The molecule has 0 radical (unpaired) electrons. The van der Waals surface area contributed by atoms with Crippen LogP contribution in [-0.2, 0) is 4.74 Å². The van der Waals surface area contributed by atoms with E-state index < -0.39 is 0 Å². The van der Waals surface area contributed by atoms with Crippen LogP contribution in [0.2, 0.25) is 0 Å². The van der Waals surface area contributed by atoms with Crippen molar-refractivity contribution in [3.63, 3.8) is 0 Å². The number of carbonyl (C=O) groups is 1. The van der Waals surface area contributed by atoms with E-state index >= 15 is 0 Å². The molecule has 0 saturated heterocycles. The first kappa shape index (κ1) is 14.2. The molecular formula is C11H23NO3. The third-order valence-corrected chi connectivity index (χ3v) is 2.10. The van der Waals surface area contributed by atoms with Crippen LogP contribution in [0.1, 0.15) is 33.6 Å². The van der Waals surface area contributed by atoms with E-state index in [1.54, 1.807) is 11.9 Å². The van der Waals surface area contributed by atoms with E-state index in [9.17, 15) is 9.90 Å². The summed E-state index contributed by atoms with van der Waals surface area (Å²) in [5.74, 6) is 0.434. The second-order valence-corrected chi connectivity index (χ2v) is 4.24. The van der Waals surface area contributed by atoms with Crippen LogP contribution in [0.15, 0.2) is 0 Å². The topological polar surface area (TPSA) is 49.8 Å². The molecular weight excluding hydrogens is 194 g/mol. The van der Waals surface area contributed by atoms with Gasteiger partial charge in [0.15, 0.2) is 0 Å². The fraction of sp³-hybridized carbons (Fsp3) is 0.909. The van der Waals surface area contributed by atoms with Gasteiger partial charge in [0.2, 0.25) is 0 Å². The minimum absolute atomic E-state index is 0.288. The largest absolute Gasteiger partial charge is 0.449 e. The molecule has 0 bridgehead atoms. The molecule has 1 N–H and O–H groups in total. The predicted molar refractivity (Wildman–Crippen MR) is 59.7 cm³/mol. The molecule has 0 saturated carbocycles. The lowest BCUT2D eigenvalue weighted by atomic mass is 10.2. The maximum atomic E-state index is 11.4. The summed E-state index contributed by atoms with van der Waals surface area (Å²) < 4.78 is 5.00. The molecule has 1 atom stereocenters. The van der Waals surface area contributed by atoms with E-state index in [0.29, 0.717) is 25.3 Å². The van der Waals surface area contributed by atoms with Crippen LogP contribution in [0.4, 0.5) is 4.79 Å². The standard InChI is InChI=1S/C11H23NO3/c1-5-10(13)6-7-15-11(14)12(4)8-9(2)3/h9-10,13H,5-8H2,1-4H3. The number of hydrogen-bond acceptors (Lipinski definition) is 3. The van der Waals surface area contributed by atoms with E-state index in [4.69, 9.17) is 4.74 Å². The van der Waals surface area contributed by atoms with Crippen molar-refractivity contribution in [1.82, 2.24) is 4.90 Å². The molecule has 0 fully saturated rings. The van der Waals surface area contributed by atoms with Crippen LogP contribution in [-0.4, -0.2) is 42.4 Å². The second-order valence-electron chi connectivity index (χ2n) is 4.24. The molecule has 1 unspecified atom stereocenters. The smallest absolute Gasteiger partial charge is 0.409 e. The summed E-state index contributed by atoms with van der Waals surface area (Å²) in [6.07, 6.45) is 0.525. The monoisotopic (exact) mass is 217 g/mol. The SMILES string of the molecule is CCC(O)CCOC(=O)N(C)CC(C)C. The van der Waals surface area contributed by atoms with Gasteiger partial charge in [-0.1, -0.05) is 20.8 Å². The highest BCUT2D eigenvalue weighted by atomic mass is 16.6. The van der Waals surface area contributed by atoms with E-state index in [-0.39, 0.29) is 18.8 Å². The van der Waals surface area contributed by atoms with Crippen LogP contribution >= 0.6 is 0 Å². The van der Waals surface area contributed by atoms with Crippen molar-refractivity contribution < 1.29 is 14.6 Å². The highest BCUT2D eigenvalue weighted by molar-refractivity contribution is 5.67. The van der Waals surface area contributed by atoms with Crippen LogP contribution in [0.25, 0.3) is 0 Å². The molecule has 0 heterocycles. The Morgan fingerprint density at radius 2 is 2.07 bits per heavy atom. The lowest BCUT2D eigenvalue weighted by molar-refractivity contribution is 0.0816. The summed E-state index contributed by atoms with van der Waals surface area (Å²) in [5.41, 5.74) is 0. The summed E-state index contributed by atoms with van der Waals surface area (Å²) in [6.45, 7) is 6.97. The van der Waals surface area contributed by atoms with Crippen molar-refractivity contribution in [2.45, 2.75) is 39.7 Å². The van der Waals surface area contributed by atoms with Gasteiger partial charge in [-0.05, 0) is 12.3 Å². The molecule has 0 spiro atoms. The van der Waals surface area contributed by atoms with Gasteiger partial charge in [-0.25, -0.2) is 4.79 Å². The highest BCUT2D eigenvalue weighted by Crippen LogP contribution is 2.01. The van der Waals surface area contributed by atoms with Crippen LogP contribution in [0.5, 0.6) is 0 Å². The maximum Gasteiger partial charge on any atom is 0.409 e. The van der Waals surface area contributed by atoms with Crippen molar-refractivity contribution in [1.29, 1.82) is 0 Å². The average Bonchev–Trinajstić information content (AvgIpc) is 2.16. The van der Waals surface area contributed by atoms with Gasteiger partial charge >= 0.3 is 6.09 Å². The second kappa shape index (κ2) is 7.51. The minimum atomic E-state index is -0.367. The summed E-state index contributed by atoms with van der Waals surface area (Å²) in [5, 5.41) is 9.25. The van der Waals surface area contributed by atoms with Crippen LogP contribution in [0, 0.1) is 5.92 Å². The zero-order valence-electron chi connectivity index (χ0n) is 10.2. The fourth-order valence-corrected chi connectivity index (χ4v) is 1.22. The first-order valence-electron chi connectivity index (χ1n) is 5.53. The molecule has 0 aromatic carbocycles. The van der Waals surface area contributed by atoms with Gasteiger partial charge in [-0.15, -0.1) is 0 Å². The number of rotatable bonds is 6. The van der Waals surface area contributed by atoms with Crippen molar-refractivity contribution >= 4 is 6.09 Å². The van der Waals surface area contributed by atoms with Gasteiger partial charge in [0.1, 0.15) is 0 Å². The zero-order chi connectivity index (χ0) is 11.8. The third kappa shape index (κ3) is 7.19. The van der Waals surface area contributed by atoms with Gasteiger partial charge in [-0.2, -0.15) is 0 Å². The Morgan fingerprint density at radius 1 is 1.47 bits per heavy atom. The van der Waals surface area contributed by atoms with Gasteiger partial charge in [0.25, 0.3) is 0 Å².